The summed E-state index contributed by atoms with van der Waals surface area (Å²) in [7, 11) is 0. The van der Waals surface area contributed by atoms with E-state index in [2.05, 4.69) is 0 Å². The maximum Gasteiger partial charge on any atom is 0.331 e. The molecule has 0 fully saturated rings. The zero-order chi connectivity index (χ0) is 8.31. The Balaban J connectivity index is 4.67. The predicted molar refractivity (Wildman–Crippen MR) is 35.2 cm³/mol. The molecule has 3 N–H and O–H groups in total. The lowest BCUT2D eigenvalue weighted by Gasteiger charge is -1.96. The van der Waals surface area contributed by atoms with Crippen LogP contribution in [0.25, 0.3) is 0 Å². The Labute approximate surface area is 58.3 Å². The molecule has 0 aromatic rings. The number of primary amides is 1. The molecular weight excluding hydrogens is 134 g/mol. The number of carbonyl (C=O) groups excluding carboxylic acids is 1. The van der Waals surface area contributed by atoms with Crippen molar-refractivity contribution in [3.63, 3.8) is 0 Å². The molecule has 0 aliphatic rings. The molecule has 0 aliphatic heterocycles. The molecule has 0 heterocycles. The zero-order valence-corrected chi connectivity index (χ0v) is 5.84. The van der Waals surface area contributed by atoms with Gasteiger partial charge >= 0.3 is 5.97 Å². The van der Waals surface area contributed by atoms with E-state index < -0.39 is 11.9 Å². The van der Waals surface area contributed by atoms with Gasteiger partial charge in [0.15, 0.2) is 0 Å². The summed E-state index contributed by atoms with van der Waals surface area (Å²) in [5.41, 5.74) is 4.90. The lowest BCUT2D eigenvalue weighted by atomic mass is 10.1. The van der Waals surface area contributed by atoms with E-state index in [1.54, 1.807) is 0 Å². The van der Waals surface area contributed by atoms with Crippen molar-refractivity contribution in [2.75, 3.05) is 0 Å². The second kappa shape index (κ2) is 3.00. The van der Waals surface area contributed by atoms with Crippen molar-refractivity contribution < 1.29 is 14.7 Å². The fourth-order valence-corrected chi connectivity index (χ4v) is 0.345. The number of nitrogens with two attached hydrogens (primary N) is 1. The Morgan fingerprint density at radius 3 is 1.70 bits per heavy atom. The van der Waals surface area contributed by atoms with Crippen molar-refractivity contribution in [3.05, 3.63) is 11.1 Å². The number of aliphatic carboxylic acids is 1. The van der Waals surface area contributed by atoms with E-state index in [9.17, 15) is 9.59 Å². The molecule has 0 atom stereocenters. The third kappa shape index (κ3) is 1.89. The van der Waals surface area contributed by atoms with Gasteiger partial charge in [-0.25, -0.2) is 4.79 Å². The van der Waals surface area contributed by atoms with Crippen molar-refractivity contribution in [1.29, 1.82) is 0 Å². The number of carbonyl (C=O) groups is 2. The summed E-state index contributed by atoms with van der Waals surface area (Å²) in [6.07, 6.45) is 0. The molecule has 0 radical (unpaired) electrons. The highest BCUT2D eigenvalue weighted by Gasteiger charge is 2.08. The summed E-state index contributed by atoms with van der Waals surface area (Å²) in [5.74, 6) is -1.81. The molecule has 0 saturated carbocycles. The first kappa shape index (κ1) is 8.68. The molecule has 0 aromatic heterocycles. The lowest BCUT2D eigenvalue weighted by molar-refractivity contribution is -0.133. The van der Waals surface area contributed by atoms with Crippen molar-refractivity contribution in [3.8, 4) is 0 Å². The van der Waals surface area contributed by atoms with E-state index in [0.717, 1.165) is 0 Å². The predicted octanol–water partition coefficient (Wildman–Crippen LogP) is -0.107. The van der Waals surface area contributed by atoms with Gasteiger partial charge in [-0.1, -0.05) is 0 Å². The number of amides is 1. The van der Waals surface area contributed by atoms with E-state index in [4.69, 9.17) is 10.8 Å². The van der Waals surface area contributed by atoms with Gasteiger partial charge < -0.3 is 10.8 Å². The number of carboxylic acids is 1. The summed E-state index contributed by atoms with van der Waals surface area (Å²) < 4.78 is 0. The minimum atomic E-state index is -1.11. The van der Waals surface area contributed by atoms with Crippen molar-refractivity contribution in [1.82, 2.24) is 0 Å². The Bertz CT molecular complexity index is 183. The molecule has 0 rings (SSSR count). The van der Waals surface area contributed by atoms with Gasteiger partial charge in [0.25, 0.3) is 0 Å². The van der Waals surface area contributed by atoms with E-state index in [0.29, 0.717) is 0 Å². The molecule has 4 heteroatoms. The zero-order valence-electron chi connectivity index (χ0n) is 5.84. The van der Waals surface area contributed by atoms with Gasteiger partial charge in [-0.2, -0.15) is 0 Å². The van der Waals surface area contributed by atoms with Crippen LogP contribution in [0.5, 0.6) is 0 Å². The van der Waals surface area contributed by atoms with Crippen molar-refractivity contribution >= 4 is 11.9 Å². The van der Waals surface area contributed by atoms with Gasteiger partial charge in [0, 0.05) is 11.1 Å². The number of hydrogen-bond donors (Lipinski definition) is 2. The Morgan fingerprint density at radius 1 is 1.20 bits per heavy atom. The summed E-state index contributed by atoms with van der Waals surface area (Å²) in [6.45, 7) is 2.72. The van der Waals surface area contributed by atoms with E-state index in [1.807, 2.05) is 0 Å². The van der Waals surface area contributed by atoms with Gasteiger partial charge in [0.1, 0.15) is 0 Å². The van der Waals surface area contributed by atoms with Crippen LogP contribution in [0.4, 0.5) is 0 Å². The molecule has 0 saturated heterocycles. The van der Waals surface area contributed by atoms with Crippen LogP contribution in [-0.2, 0) is 9.59 Å². The average Bonchev–Trinajstić information content (AvgIpc) is 1.84. The molecule has 0 aromatic carbocycles. The van der Waals surface area contributed by atoms with Gasteiger partial charge in [-0.15, -0.1) is 0 Å². The minimum absolute atomic E-state index is 0.00694. The summed E-state index contributed by atoms with van der Waals surface area (Å²) in [4.78, 5) is 20.5. The molecule has 0 aliphatic carbocycles. The van der Waals surface area contributed by atoms with Crippen LogP contribution in [0.15, 0.2) is 11.1 Å². The maximum absolute atomic E-state index is 10.3. The molecule has 0 unspecified atom stereocenters. The first-order valence-corrected chi connectivity index (χ1v) is 2.67. The molecule has 0 bridgehead atoms. The molecule has 4 nitrogen and oxygen atoms in total. The minimum Gasteiger partial charge on any atom is -0.478 e. The van der Waals surface area contributed by atoms with Gasteiger partial charge in [-0.3, -0.25) is 4.79 Å². The summed E-state index contributed by atoms with van der Waals surface area (Å²) >= 11 is 0. The number of hydrogen-bond acceptors (Lipinski definition) is 2. The molecule has 1 amide bonds. The number of rotatable bonds is 2. The highest BCUT2D eigenvalue weighted by atomic mass is 16.4. The lowest BCUT2D eigenvalue weighted by Crippen LogP contribution is -2.15. The van der Waals surface area contributed by atoms with Gasteiger partial charge in [0.05, 0.1) is 0 Å². The van der Waals surface area contributed by atoms with Crippen LogP contribution in [0, 0.1) is 0 Å². The van der Waals surface area contributed by atoms with Crippen LogP contribution >= 0.6 is 0 Å². The number of carboxylic acid groups (broad SMARTS) is 1. The molecule has 0 spiro atoms. The molecular formula is C6H9NO3. The third-order valence-corrected chi connectivity index (χ3v) is 1.25. The Hall–Kier alpha value is -1.32. The first-order valence-electron chi connectivity index (χ1n) is 2.67. The largest absolute Gasteiger partial charge is 0.478 e. The Kier molecular flexibility index (Phi) is 2.61. The monoisotopic (exact) mass is 143 g/mol. The second-order valence-corrected chi connectivity index (χ2v) is 1.92. The first-order chi connectivity index (χ1) is 4.46. The standard InChI is InChI=1S/C6H9NO3/c1-3(5(7)8)4(2)6(9)10/h1-2H3,(H2,7,8)(H,9,10). The van der Waals surface area contributed by atoms with Gasteiger partial charge in [0.2, 0.25) is 5.91 Å². The fourth-order valence-electron chi connectivity index (χ4n) is 0.345. The third-order valence-electron chi connectivity index (χ3n) is 1.25. The van der Waals surface area contributed by atoms with Crippen molar-refractivity contribution in [2.45, 2.75) is 13.8 Å². The van der Waals surface area contributed by atoms with Crippen LogP contribution in [0.3, 0.4) is 0 Å². The SMILES string of the molecule is CC(C(N)=O)=C(C)C(=O)O. The topological polar surface area (TPSA) is 80.4 Å². The maximum atomic E-state index is 10.3. The molecule has 10 heavy (non-hydrogen) atoms. The fraction of sp³-hybridized carbons (Fsp3) is 0.333. The van der Waals surface area contributed by atoms with Crippen molar-refractivity contribution in [2.24, 2.45) is 5.73 Å². The highest BCUT2D eigenvalue weighted by Crippen LogP contribution is 2.01. The van der Waals surface area contributed by atoms with Crippen LogP contribution in [0.1, 0.15) is 13.8 Å². The van der Waals surface area contributed by atoms with E-state index >= 15 is 0 Å². The van der Waals surface area contributed by atoms with E-state index in [-0.39, 0.29) is 11.1 Å². The van der Waals surface area contributed by atoms with Crippen LogP contribution in [0.2, 0.25) is 0 Å². The Morgan fingerprint density at radius 2 is 1.60 bits per heavy atom. The van der Waals surface area contributed by atoms with Crippen LogP contribution < -0.4 is 5.73 Å². The smallest absolute Gasteiger partial charge is 0.331 e. The quantitative estimate of drug-likeness (QED) is 0.529. The highest BCUT2D eigenvalue weighted by molar-refractivity contribution is 6.00. The summed E-state index contributed by atoms with van der Waals surface area (Å²) in [5, 5.41) is 8.34. The normalized spacial score (nSPS) is 12.2. The van der Waals surface area contributed by atoms with E-state index in [1.165, 1.54) is 13.8 Å². The van der Waals surface area contributed by atoms with Crippen LogP contribution in [-0.4, -0.2) is 17.0 Å². The average molecular weight is 143 g/mol. The van der Waals surface area contributed by atoms with Gasteiger partial charge in [-0.05, 0) is 13.8 Å². The molecule has 56 valence electrons. The second-order valence-electron chi connectivity index (χ2n) is 1.92. The summed E-state index contributed by atoms with van der Waals surface area (Å²) in [6, 6.07) is 0.